The van der Waals surface area contributed by atoms with E-state index in [2.05, 4.69) is 21.0 Å². The molecule has 0 aliphatic heterocycles. The summed E-state index contributed by atoms with van der Waals surface area (Å²) >= 11 is 0. The third-order valence-corrected chi connectivity index (χ3v) is 3.26. The van der Waals surface area contributed by atoms with Crippen molar-refractivity contribution in [2.24, 2.45) is 0 Å². The average molecular weight is 224 g/mol. The van der Waals surface area contributed by atoms with E-state index in [-0.39, 0.29) is 5.41 Å². The summed E-state index contributed by atoms with van der Waals surface area (Å²) in [5.41, 5.74) is 2.61. The molecule has 0 spiro atoms. The first-order valence-electron chi connectivity index (χ1n) is 5.64. The number of pyridine rings is 1. The van der Waals surface area contributed by atoms with Crippen LogP contribution in [0.25, 0.3) is 11.3 Å². The Morgan fingerprint density at radius 3 is 2.65 bits per heavy atom. The maximum absolute atomic E-state index is 9.16. The van der Waals surface area contributed by atoms with E-state index >= 15 is 0 Å². The largest absolute Gasteiger partial charge is 0.344 e. The number of imidazole rings is 1. The summed E-state index contributed by atoms with van der Waals surface area (Å²) in [5.74, 6) is 0.810. The van der Waals surface area contributed by atoms with Crippen LogP contribution in [0.15, 0.2) is 24.5 Å². The lowest BCUT2D eigenvalue weighted by Crippen LogP contribution is -2.04. The standard InChI is InChI=1S/C13H12N4/c1-9-11(10-2-6-15-7-3-10)17-12(16-9)13(8-14)4-5-13/h2-3,6-7H,4-5H2,1H3,(H,16,17). The molecule has 0 saturated heterocycles. The van der Waals surface area contributed by atoms with Gasteiger partial charge in [0.2, 0.25) is 0 Å². The minimum absolute atomic E-state index is 0.351. The highest BCUT2D eigenvalue weighted by molar-refractivity contribution is 5.61. The number of H-pyrrole nitrogens is 1. The van der Waals surface area contributed by atoms with Crippen molar-refractivity contribution >= 4 is 0 Å². The van der Waals surface area contributed by atoms with Crippen LogP contribution in [0.4, 0.5) is 0 Å². The first-order chi connectivity index (χ1) is 8.25. The molecule has 0 amide bonds. The summed E-state index contributed by atoms with van der Waals surface area (Å²) in [6.07, 6.45) is 5.32. The van der Waals surface area contributed by atoms with E-state index in [9.17, 15) is 0 Å². The topological polar surface area (TPSA) is 65.4 Å². The second-order valence-corrected chi connectivity index (χ2v) is 4.49. The molecule has 1 aliphatic carbocycles. The Hall–Kier alpha value is -2.15. The molecule has 0 aromatic carbocycles. The number of aromatic nitrogens is 3. The van der Waals surface area contributed by atoms with Crippen molar-refractivity contribution in [3.05, 3.63) is 36.0 Å². The van der Waals surface area contributed by atoms with Crippen molar-refractivity contribution in [2.45, 2.75) is 25.2 Å². The Kier molecular flexibility index (Phi) is 2.02. The van der Waals surface area contributed by atoms with Gasteiger partial charge in [-0.3, -0.25) is 4.98 Å². The predicted molar refractivity (Wildman–Crippen MR) is 63.1 cm³/mol. The minimum Gasteiger partial charge on any atom is -0.344 e. The number of hydrogen-bond acceptors (Lipinski definition) is 3. The van der Waals surface area contributed by atoms with E-state index in [0.29, 0.717) is 0 Å². The van der Waals surface area contributed by atoms with E-state index in [4.69, 9.17) is 5.26 Å². The van der Waals surface area contributed by atoms with Gasteiger partial charge in [0.1, 0.15) is 11.2 Å². The predicted octanol–water partition coefficient (Wildman–Crippen LogP) is 2.34. The smallest absolute Gasteiger partial charge is 0.127 e. The van der Waals surface area contributed by atoms with E-state index < -0.39 is 0 Å². The number of nitrogens with one attached hydrogen (secondary N) is 1. The van der Waals surface area contributed by atoms with E-state index in [1.807, 2.05) is 19.1 Å². The van der Waals surface area contributed by atoms with Gasteiger partial charge in [-0.05, 0) is 31.9 Å². The van der Waals surface area contributed by atoms with Crippen LogP contribution in [0.1, 0.15) is 24.4 Å². The van der Waals surface area contributed by atoms with Crippen molar-refractivity contribution in [3.63, 3.8) is 0 Å². The van der Waals surface area contributed by atoms with E-state index in [0.717, 1.165) is 35.6 Å². The number of rotatable bonds is 2. The van der Waals surface area contributed by atoms with Gasteiger partial charge in [0.25, 0.3) is 0 Å². The third kappa shape index (κ3) is 1.51. The van der Waals surface area contributed by atoms with Crippen LogP contribution in [0.5, 0.6) is 0 Å². The zero-order valence-electron chi connectivity index (χ0n) is 9.57. The van der Waals surface area contributed by atoms with Crippen molar-refractivity contribution in [3.8, 4) is 17.3 Å². The van der Waals surface area contributed by atoms with Crippen LogP contribution in [-0.2, 0) is 5.41 Å². The Bertz CT molecular complexity index is 588. The number of nitrogens with zero attached hydrogens (tertiary/aromatic N) is 3. The molecule has 0 atom stereocenters. The Morgan fingerprint density at radius 2 is 2.06 bits per heavy atom. The maximum atomic E-state index is 9.16. The fraction of sp³-hybridized carbons (Fsp3) is 0.308. The quantitative estimate of drug-likeness (QED) is 0.851. The summed E-state index contributed by atoms with van der Waals surface area (Å²) in [6.45, 7) is 1.99. The molecule has 84 valence electrons. The molecule has 1 saturated carbocycles. The molecule has 0 bridgehead atoms. The van der Waals surface area contributed by atoms with Crippen molar-refractivity contribution in [1.29, 1.82) is 5.26 Å². The highest BCUT2D eigenvalue weighted by atomic mass is 15.0. The lowest BCUT2D eigenvalue weighted by Gasteiger charge is -1.98. The van der Waals surface area contributed by atoms with E-state index in [1.54, 1.807) is 12.4 Å². The van der Waals surface area contributed by atoms with Gasteiger partial charge in [-0.15, -0.1) is 0 Å². The zero-order chi connectivity index (χ0) is 11.9. The first-order valence-corrected chi connectivity index (χ1v) is 5.64. The van der Waals surface area contributed by atoms with Crippen LogP contribution in [0, 0.1) is 18.3 Å². The highest BCUT2D eigenvalue weighted by Crippen LogP contribution is 2.46. The van der Waals surface area contributed by atoms with Gasteiger partial charge in [0, 0.05) is 23.7 Å². The molecule has 0 radical (unpaired) electrons. The highest BCUT2D eigenvalue weighted by Gasteiger charge is 2.48. The number of aryl methyl sites for hydroxylation is 1. The zero-order valence-corrected chi connectivity index (χ0v) is 9.57. The molecule has 1 fully saturated rings. The van der Waals surface area contributed by atoms with Crippen LogP contribution in [0.2, 0.25) is 0 Å². The minimum atomic E-state index is -0.351. The summed E-state index contributed by atoms with van der Waals surface area (Å²) in [4.78, 5) is 11.8. The summed E-state index contributed by atoms with van der Waals surface area (Å²) < 4.78 is 0. The Labute approximate surface area is 99.3 Å². The lowest BCUT2D eigenvalue weighted by molar-refractivity contribution is 0.818. The molecular formula is C13H12N4. The second-order valence-electron chi connectivity index (χ2n) is 4.49. The molecule has 2 aromatic rings. The third-order valence-electron chi connectivity index (χ3n) is 3.26. The summed E-state index contributed by atoms with van der Waals surface area (Å²) in [5, 5.41) is 9.16. The van der Waals surface area contributed by atoms with Gasteiger partial charge in [-0.2, -0.15) is 5.26 Å². The van der Waals surface area contributed by atoms with Gasteiger partial charge < -0.3 is 4.98 Å². The average Bonchev–Trinajstić information content (AvgIpc) is 3.08. The van der Waals surface area contributed by atoms with Gasteiger partial charge in [-0.25, -0.2) is 4.98 Å². The molecule has 3 rings (SSSR count). The van der Waals surface area contributed by atoms with Crippen LogP contribution >= 0.6 is 0 Å². The number of aromatic amines is 1. The monoisotopic (exact) mass is 224 g/mol. The molecule has 17 heavy (non-hydrogen) atoms. The summed E-state index contributed by atoms with van der Waals surface area (Å²) in [7, 11) is 0. The van der Waals surface area contributed by atoms with Gasteiger partial charge in [0.05, 0.1) is 11.8 Å². The van der Waals surface area contributed by atoms with Crippen molar-refractivity contribution < 1.29 is 0 Å². The van der Waals surface area contributed by atoms with Crippen LogP contribution < -0.4 is 0 Å². The molecule has 2 aromatic heterocycles. The number of nitriles is 1. The molecule has 4 nitrogen and oxygen atoms in total. The number of hydrogen-bond donors (Lipinski definition) is 1. The van der Waals surface area contributed by atoms with Crippen LogP contribution in [-0.4, -0.2) is 15.0 Å². The van der Waals surface area contributed by atoms with E-state index in [1.165, 1.54) is 0 Å². The van der Waals surface area contributed by atoms with Crippen LogP contribution in [0.3, 0.4) is 0 Å². The maximum Gasteiger partial charge on any atom is 0.127 e. The lowest BCUT2D eigenvalue weighted by atomic mass is 10.1. The van der Waals surface area contributed by atoms with Gasteiger partial charge in [-0.1, -0.05) is 0 Å². The summed E-state index contributed by atoms with van der Waals surface area (Å²) in [6, 6.07) is 6.21. The Balaban J connectivity index is 2.06. The molecule has 1 N–H and O–H groups in total. The van der Waals surface area contributed by atoms with Crippen molar-refractivity contribution in [1.82, 2.24) is 15.0 Å². The SMILES string of the molecule is Cc1[nH]c(C2(C#N)CC2)nc1-c1ccncc1. The molecule has 2 heterocycles. The molecular weight excluding hydrogens is 212 g/mol. The fourth-order valence-corrected chi connectivity index (χ4v) is 2.00. The first kappa shape index (κ1) is 10.0. The molecule has 1 aliphatic rings. The normalized spacial score (nSPS) is 16.5. The second kappa shape index (κ2) is 3.42. The fourth-order valence-electron chi connectivity index (χ4n) is 2.00. The van der Waals surface area contributed by atoms with Gasteiger partial charge in [0.15, 0.2) is 0 Å². The van der Waals surface area contributed by atoms with Crippen molar-refractivity contribution in [2.75, 3.05) is 0 Å². The Morgan fingerprint density at radius 1 is 1.35 bits per heavy atom. The molecule has 4 heteroatoms. The molecule has 0 unspecified atom stereocenters. The van der Waals surface area contributed by atoms with Gasteiger partial charge >= 0.3 is 0 Å².